The van der Waals surface area contributed by atoms with Crippen molar-refractivity contribution in [3.63, 3.8) is 0 Å². The lowest BCUT2D eigenvalue weighted by Crippen LogP contribution is -2.01. The summed E-state index contributed by atoms with van der Waals surface area (Å²) in [4.78, 5) is 0. The third-order valence-electron chi connectivity index (χ3n) is 2.47. The Labute approximate surface area is 97.6 Å². The summed E-state index contributed by atoms with van der Waals surface area (Å²) in [6.07, 6.45) is 0.504. The van der Waals surface area contributed by atoms with Gasteiger partial charge in [0.1, 0.15) is 0 Å². The zero-order valence-corrected chi connectivity index (χ0v) is 10.1. The van der Waals surface area contributed by atoms with Crippen LogP contribution in [0.5, 0.6) is 0 Å². The number of aliphatic hydroxyl groups excluding tert-OH is 1. The number of aliphatic hydroxyl groups is 1. The number of rotatable bonds is 6. The monoisotopic (exact) mass is 220 g/mol. The molecule has 16 heavy (non-hydrogen) atoms. The van der Waals surface area contributed by atoms with Gasteiger partial charge in [-0.1, -0.05) is 44.7 Å². The van der Waals surface area contributed by atoms with Crippen LogP contribution in [-0.4, -0.2) is 11.7 Å². The Morgan fingerprint density at radius 2 is 2.06 bits per heavy atom. The molecule has 88 valence electrons. The van der Waals surface area contributed by atoms with E-state index < -0.39 is 0 Å². The molecule has 0 heterocycles. The summed E-state index contributed by atoms with van der Waals surface area (Å²) in [5, 5.41) is 8.92. The van der Waals surface area contributed by atoms with Crippen molar-refractivity contribution in [2.24, 2.45) is 0 Å². The van der Waals surface area contributed by atoms with E-state index in [9.17, 15) is 0 Å². The molecule has 0 aliphatic rings. The summed E-state index contributed by atoms with van der Waals surface area (Å²) in [5.74, 6) is 0.685. The van der Waals surface area contributed by atoms with E-state index in [1.165, 1.54) is 11.1 Å². The number of hydrogen-bond acceptors (Lipinski definition) is 2. The van der Waals surface area contributed by atoms with E-state index in [4.69, 9.17) is 9.84 Å². The second kappa shape index (κ2) is 6.33. The molecule has 0 aliphatic carbocycles. The van der Waals surface area contributed by atoms with Crippen molar-refractivity contribution in [1.82, 2.24) is 0 Å². The van der Waals surface area contributed by atoms with Crippen LogP contribution < -0.4 is 0 Å². The quantitative estimate of drug-likeness (QED) is 0.584. The molecule has 0 bridgehead atoms. The van der Waals surface area contributed by atoms with Crippen LogP contribution in [0.1, 0.15) is 37.3 Å². The SMILES string of the molecule is C=C(O)CCOCc1ccccc1C(C)C. The first-order valence-corrected chi connectivity index (χ1v) is 5.63. The van der Waals surface area contributed by atoms with Gasteiger partial charge in [-0.05, 0) is 17.0 Å². The summed E-state index contributed by atoms with van der Waals surface area (Å²) >= 11 is 0. The van der Waals surface area contributed by atoms with Crippen LogP contribution in [-0.2, 0) is 11.3 Å². The maximum absolute atomic E-state index is 8.92. The Bertz CT molecular complexity index is 342. The first-order valence-electron chi connectivity index (χ1n) is 5.63. The van der Waals surface area contributed by atoms with E-state index in [2.05, 4.69) is 38.6 Å². The van der Waals surface area contributed by atoms with Crippen molar-refractivity contribution in [2.75, 3.05) is 6.61 Å². The molecule has 0 fully saturated rings. The van der Waals surface area contributed by atoms with Crippen LogP contribution in [0.3, 0.4) is 0 Å². The largest absolute Gasteiger partial charge is 0.513 e. The Morgan fingerprint density at radius 3 is 2.69 bits per heavy atom. The van der Waals surface area contributed by atoms with Gasteiger partial charge in [0, 0.05) is 6.42 Å². The summed E-state index contributed by atoms with van der Waals surface area (Å²) in [5.41, 5.74) is 2.55. The molecule has 1 aromatic rings. The van der Waals surface area contributed by atoms with E-state index in [1.54, 1.807) is 0 Å². The first-order chi connectivity index (χ1) is 7.61. The predicted octanol–water partition coefficient (Wildman–Crippen LogP) is 3.79. The molecular weight excluding hydrogens is 200 g/mol. The summed E-state index contributed by atoms with van der Waals surface area (Å²) < 4.78 is 5.50. The van der Waals surface area contributed by atoms with Crippen molar-refractivity contribution in [2.45, 2.75) is 32.8 Å². The van der Waals surface area contributed by atoms with Crippen molar-refractivity contribution < 1.29 is 9.84 Å². The lowest BCUT2D eigenvalue weighted by atomic mass is 9.98. The van der Waals surface area contributed by atoms with Gasteiger partial charge in [-0.2, -0.15) is 0 Å². The highest BCUT2D eigenvalue weighted by atomic mass is 16.5. The van der Waals surface area contributed by atoms with Gasteiger partial charge in [0.25, 0.3) is 0 Å². The van der Waals surface area contributed by atoms with Gasteiger partial charge in [0.2, 0.25) is 0 Å². The summed E-state index contributed by atoms with van der Waals surface area (Å²) in [6, 6.07) is 8.29. The normalized spacial score (nSPS) is 10.7. The van der Waals surface area contributed by atoms with E-state index in [0.717, 1.165) is 0 Å². The van der Waals surface area contributed by atoms with E-state index >= 15 is 0 Å². The van der Waals surface area contributed by atoms with E-state index in [-0.39, 0.29) is 5.76 Å². The molecule has 0 aliphatic heterocycles. The molecule has 0 saturated heterocycles. The predicted molar refractivity (Wildman–Crippen MR) is 66.6 cm³/mol. The van der Waals surface area contributed by atoms with Gasteiger partial charge in [-0.15, -0.1) is 0 Å². The van der Waals surface area contributed by atoms with Gasteiger partial charge in [-0.25, -0.2) is 0 Å². The number of hydrogen-bond donors (Lipinski definition) is 1. The highest BCUT2D eigenvalue weighted by molar-refractivity contribution is 5.28. The molecule has 0 amide bonds. The topological polar surface area (TPSA) is 29.5 Å². The molecule has 2 heteroatoms. The minimum atomic E-state index is 0.178. The zero-order valence-electron chi connectivity index (χ0n) is 10.1. The number of benzene rings is 1. The van der Waals surface area contributed by atoms with Gasteiger partial charge in [0.15, 0.2) is 0 Å². The van der Waals surface area contributed by atoms with Crippen LogP contribution in [0, 0.1) is 0 Å². The van der Waals surface area contributed by atoms with Gasteiger partial charge in [0.05, 0.1) is 19.0 Å². The van der Waals surface area contributed by atoms with Crippen molar-refractivity contribution in [3.05, 3.63) is 47.7 Å². The fourth-order valence-electron chi connectivity index (χ4n) is 1.60. The molecule has 0 atom stereocenters. The van der Waals surface area contributed by atoms with Gasteiger partial charge >= 0.3 is 0 Å². The van der Waals surface area contributed by atoms with Crippen LogP contribution in [0.25, 0.3) is 0 Å². The molecule has 0 unspecified atom stereocenters. The van der Waals surface area contributed by atoms with E-state index in [0.29, 0.717) is 25.6 Å². The minimum Gasteiger partial charge on any atom is -0.513 e. The second-order valence-corrected chi connectivity index (χ2v) is 4.22. The maximum Gasteiger partial charge on any atom is 0.0874 e. The van der Waals surface area contributed by atoms with Crippen LogP contribution >= 0.6 is 0 Å². The molecule has 0 saturated carbocycles. The van der Waals surface area contributed by atoms with Crippen LogP contribution in [0.2, 0.25) is 0 Å². The Hall–Kier alpha value is -1.28. The van der Waals surface area contributed by atoms with Crippen molar-refractivity contribution in [1.29, 1.82) is 0 Å². The zero-order chi connectivity index (χ0) is 12.0. The van der Waals surface area contributed by atoms with Gasteiger partial charge < -0.3 is 9.84 Å². The molecule has 1 aromatic carbocycles. The third-order valence-corrected chi connectivity index (χ3v) is 2.47. The fourth-order valence-corrected chi connectivity index (χ4v) is 1.60. The highest BCUT2D eigenvalue weighted by Gasteiger charge is 2.05. The lowest BCUT2D eigenvalue weighted by Gasteiger charge is -2.12. The highest BCUT2D eigenvalue weighted by Crippen LogP contribution is 2.19. The standard InChI is InChI=1S/C14H20O2/c1-11(2)14-7-5-4-6-13(14)10-16-9-8-12(3)15/h4-7,11,15H,3,8-10H2,1-2H3. The first kappa shape index (κ1) is 12.8. The van der Waals surface area contributed by atoms with E-state index in [1.807, 2.05) is 6.07 Å². The number of ether oxygens (including phenoxy) is 1. The van der Waals surface area contributed by atoms with Gasteiger partial charge in [-0.3, -0.25) is 0 Å². The van der Waals surface area contributed by atoms with Crippen molar-refractivity contribution in [3.8, 4) is 0 Å². The molecule has 2 nitrogen and oxygen atoms in total. The van der Waals surface area contributed by atoms with Crippen LogP contribution in [0.15, 0.2) is 36.6 Å². The van der Waals surface area contributed by atoms with Crippen LogP contribution in [0.4, 0.5) is 0 Å². The maximum atomic E-state index is 8.92. The molecule has 0 radical (unpaired) electrons. The molecule has 0 aromatic heterocycles. The third kappa shape index (κ3) is 4.07. The Morgan fingerprint density at radius 1 is 1.38 bits per heavy atom. The average molecular weight is 220 g/mol. The second-order valence-electron chi connectivity index (χ2n) is 4.22. The molecule has 1 N–H and O–H groups in total. The molecular formula is C14H20O2. The summed E-state index contributed by atoms with van der Waals surface area (Å²) in [6.45, 7) is 8.89. The fraction of sp³-hybridized carbons (Fsp3) is 0.429. The smallest absolute Gasteiger partial charge is 0.0874 e. The Balaban J connectivity index is 2.50. The lowest BCUT2D eigenvalue weighted by molar-refractivity contribution is 0.116. The average Bonchev–Trinajstić information content (AvgIpc) is 2.24. The van der Waals surface area contributed by atoms with Crippen molar-refractivity contribution >= 4 is 0 Å². The Kier molecular flexibility index (Phi) is 5.06. The molecule has 1 rings (SSSR count). The minimum absolute atomic E-state index is 0.178. The summed E-state index contributed by atoms with van der Waals surface area (Å²) in [7, 11) is 0. The molecule has 0 spiro atoms.